The molecule has 0 unspecified atom stereocenters. The SMILES string of the molecule is Cc1c(C#N)c(NC(=O)COC(=O)CCNC(=O)c2ccc(Cl)cc2)n(C2CCCC2)c1C. The molecule has 0 atom stereocenters. The summed E-state index contributed by atoms with van der Waals surface area (Å²) < 4.78 is 7.08. The number of aromatic nitrogens is 1. The summed E-state index contributed by atoms with van der Waals surface area (Å²) in [6, 6.07) is 8.80. The van der Waals surface area contributed by atoms with Crippen LogP contribution in [0.2, 0.25) is 5.02 Å². The maximum absolute atomic E-state index is 12.5. The molecule has 33 heavy (non-hydrogen) atoms. The van der Waals surface area contributed by atoms with Crippen LogP contribution in [0.15, 0.2) is 24.3 Å². The van der Waals surface area contributed by atoms with E-state index in [1.807, 2.05) is 18.4 Å². The van der Waals surface area contributed by atoms with Crippen molar-refractivity contribution in [1.82, 2.24) is 9.88 Å². The molecule has 1 saturated carbocycles. The van der Waals surface area contributed by atoms with Gasteiger partial charge >= 0.3 is 5.97 Å². The highest BCUT2D eigenvalue weighted by molar-refractivity contribution is 6.30. The number of amides is 2. The molecule has 1 heterocycles. The van der Waals surface area contributed by atoms with Crippen LogP contribution in [0.4, 0.5) is 5.82 Å². The minimum atomic E-state index is -0.611. The number of benzene rings is 1. The number of hydrogen-bond donors (Lipinski definition) is 2. The number of esters is 1. The van der Waals surface area contributed by atoms with Gasteiger partial charge in [0.15, 0.2) is 6.61 Å². The normalized spacial score (nSPS) is 13.4. The first kappa shape index (κ1) is 24.3. The van der Waals surface area contributed by atoms with E-state index in [2.05, 4.69) is 16.7 Å². The van der Waals surface area contributed by atoms with Crippen molar-refractivity contribution in [3.8, 4) is 6.07 Å². The molecule has 0 radical (unpaired) electrons. The maximum atomic E-state index is 12.5. The fraction of sp³-hybridized carbons (Fsp3) is 0.417. The summed E-state index contributed by atoms with van der Waals surface area (Å²) >= 11 is 5.80. The van der Waals surface area contributed by atoms with Crippen molar-refractivity contribution in [1.29, 1.82) is 5.26 Å². The lowest BCUT2D eigenvalue weighted by Crippen LogP contribution is -2.28. The van der Waals surface area contributed by atoms with Crippen LogP contribution in [0.1, 0.15) is 65.3 Å². The molecule has 2 aromatic rings. The third-order valence-corrected chi connectivity index (χ3v) is 6.15. The second-order valence-electron chi connectivity index (χ2n) is 8.08. The van der Waals surface area contributed by atoms with Gasteiger partial charge in [0, 0.05) is 28.9 Å². The summed E-state index contributed by atoms with van der Waals surface area (Å²) in [7, 11) is 0. The smallest absolute Gasteiger partial charge is 0.308 e. The Labute approximate surface area is 197 Å². The van der Waals surface area contributed by atoms with Crippen molar-refractivity contribution in [3.63, 3.8) is 0 Å². The Hall–Kier alpha value is -3.31. The minimum Gasteiger partial charge on any atom is -0.456 e. The van der Waals surface area contributed by atoms with Crippen molar-refractivity contribution in [2.24, 2.45) is 0 Å². The van der Waals surface area contributed by atoms with Gasteiger partial charge in [-0.25, -0.2) is 0 Å². The Morgan fingerprint density at radius 3 is 2.48 bits per heavy atom. The van der Waals surface area contributed by atoms with E-state index in [1.54, 1.807) is 24.3 Å². The van der Waals surface area contributed by atoms with Gasteiger partial charge in [0.1, 0.15) is 11.9 Å². The van der Waals surface area contributed by atoms with E-state index in [-0.39, 0.29) is 24.9 Å². The number of rotatable bonds is 8. The number of halogens is 1. The van der Waals surface area contributed by atoms with Gasteiger partial charge in [-0.3, -0.25) is 14.4 Å². The largest absolute Gasteiger partial charge is 0.456 e. The van der Waals surface area contributed by atoms with Gasteiger partial charge in [0.05, 0.1) is 12.0 Å². The molecule has 0 spiro atoms. The summed E-state index contributed by atoms with van der Waals surface area (Å²) in [5, 5.41) is 15.5. The topological polar surface area (TPSA) is 113 Å². The molecule has 0 saturated heterocycles. The fourth-order valence-electron chi connectivity index (χ4n) is 4.07. The second kappa shape index (κ2) is 11.0. The predicted octanol–water partition coefficient (Wildman–Crippen LogP) is 4.05. The van der Waals surface area contributed by atoms with Crippen molar-refractivity contribution in [2.45, 2.75) is 52.0 Å². The van der Waals surface area contributed by atoms with Gasteiger partial charge in [0.25, 0.3) is 11.8 Å². The molecule has 1 aromatic heterocycles. The lowest BCUT2D eigenvalue weighted by atomic mass is 10.2. The highest BCUT2D eigenvalue weighted by Gasteiger charge is 2.26. The summed E-state index contributed by atoms with van der Waals surface area (Å²) in [6.07, 6.45) is 4.15. The minimum absolute atomic E-state index is 0.0728. The van der Waals surface area contributed by atoms with Crippen molar-refractivity contribution < 1.29 is 19.1 Å². The summed E-state index contributed by atoms with van der Waals surface area (Å²) in [6.45, 7) is 3.42. The molecule has 0 bridgehead atoms. The van der Waals surface area contributed by atoms with Gasteiger partial charge in [-0.2, -0.15) is 5.26 Å². The van der Waals surface area contributed by atoms with E-state index in [4.69, 9.17) is 16.3 Å². The average Bonchev–Trinajstić information content (AvgIpc) is 3.39. The molecular weight excluding hydrogens is 444 g/mol. The molecule has 2 amide bonds. The fourth-order valence-corrected chi connectivity index (χ4v) is 4.20. The van der Waals surface area contributed by atoms with E-state index in [0.717, 1.165) is 36.9 Å². The van der Waals surface area contributed by atoms with E-state index < -0.39 is 18.5 Å². The molecule has 1 fully saturated rings. The monoisotopic (exact) mass is 470 g/mol. The molecule has 1 aliphatic rings. The average molecular weight is 471 g/mol. The lowest BCUT2D eigenvalue weighted by Gasteiger charge is -2.19. The van der Waals surface area contributed by atoms with Crippen LogP contribution in [0.5, 0.6) is 0 Å². The summed E-state index contributed by atoms with van der Waals surface area (Å²) in [4.78, 5) is 36.5. The Kier molecular flexibility index (Phi) is 8.12. The zero-order chi connectivity index (χ0) is 24.0. The van der Waals surface area contributed by atoms with Crippen molar-refractivity contribution >= 4 is 35.2 Å². The lowest BCUT2D eigenvalue weighted by molar-refractivity contribution is -0.147. The van der Waals surface area contributed by atoms with Gasteiger partial charge < -0.3 is 19.9 Å². The number of nitrogens with zero attached hydrogens (tertiary/aromatic N) is 2. The van der Waals surface area contributed by atoms with Crippen LogP contribution in [0.25, 0.3) is 0 Å². The van der Waals surface area contributed by atoms with E-state index in [9.17, 15) is 19.6 Å². The Morgan fingerprint density at radius 2 is 1.85 bits per heavy atom. The molecule has 1 aromatic carbocycles. The van der Waals surface area contributed by atoms with Gasteiger partial charge in [-0.1, -0.05) is 24.4 Å². The highest BCUT2D eigenvalue weighted by atomic mass is 35.5. The predicted molar refractivity (Wildman–Crippen MR) is 124 cm³/mol. The van der Waals surface area contributed by atoms with Crippen LogP contribution >= 0.6 is 11.6 Å². The molecule has 1 aliphatic carbocycles. The third-order valence-electron chi connectivity index (χ3n) is 5.90. The Morgan fingerprint density at radius 1 is 1.18 bits per heavy atom. The summed E-state index contributed by atoms with van der Waals surface area (Å²) in [5.74, 6) is -0.988. The quantitative estimate of drug-likeness (QED) is 0.565. The number of ether oxygens (including phenoxy) is 1. The van der Waals surface area contributed by atoms with Crippen LogP contribution in [-0.4, -0.2) is 35.5 Å². The summed E-state index contributed by atoms with van der Waals surface area (Å²) in [5.41, 5.74) is 2.66. The molecule has 2 N–H and O–H groups in total. The number of nitrogens with one attached hydrogen (secondary N) is 2. The molecule has 174 valence electrons. The van der Waals surface area contributed by atoms with Crippen LogP contribution in [0.3, 0.4) is 0 Å². The standard InChI is InChI=1S/C24H27ClN4O4/c1-15-16(2)29(19-5-3-4-6-19)23(20(15)13-26)28-21(30)14-33-22(31)11-12-27-24(32)17-7-9-18(25)10-8-17/h7-10,19H,3-6,11-12,14H2,1-2H3,(H,27,32)(H,28,30). The number of carbonyl (C=O) groups is 3. The van der Waals surface area contributed by atoms with E-state index in [1.165, 1.54) is 0 Å². The van der Waals surface area contributed by atoms with E-state index >= 15 is 0 Å². The second-order valence-corrected chi connectivity index (χ2v) is 8.51. The maximum Gasteiger partial charge on any atom is 0.308 e. The molecule has 0 aliphatic heterocycles. The first-order chi connectivity index (χ1) is 15.8. The molecular formula is C24H27ClN4O4. The molecule has 9 heteroatoms. The first-order valence-corrected chi connectivity index (χ1v) is 11.3. The Balaban J connectivity index is 1.50. The Bertz CT molecular complexity index is 1080. The zero-order valence-corrected chi connectivity index (χ0v) is 19.5. The third kappa shape index (κ3) is 5.93. The van der Waals surface area contributed by atoms with E-state index in [0.29, 0.717) is 22.0 Å². The first-order valence-electron chi connectivity index (χ1n) is 10.9. The molecule has 8 nitrogen and oxygen atoms in total. The zero-order valence-electron chi connectivity index (χ0n) is 18.7. The van der Waals surface area contributed by atoms with Gasteiger partial charge in [-0.05, 0) is 56.5 Å². The van der Waals surface area contributed by atoms with Crippen LogP contribution in [-0.2, 0) is 14.3 Å². The number of anilines is 1. The molecule has 3 rings (SSSR count). The highest BCUT2D eigenvalue weighted by Crippen LogP contribution is 2.37. The van der Waals surface area contributed by atoms with Crippen molar-refractivity contribution in [3.05, 3.63) is 51.7 Å². The van der Waals surface area contributed by atoms with Crippen molar-refractivity contribution in [2.75, 3.05) is 18.5 Å². The number of hydrogen-bond acceptors (Lipinski definition) is 5. The number of nitriles is 1. The van der Waals surface area contributed by atoms with Crippen LogP contribution in [0, 0.1) is 25.2 Å². The van der Waals surface area contributed by atoms with Gasteiger partial charge in [0.2, 0.25) is 0 Å². The van der Waals surface area contributed by atoms with Gasteiger partial charge in [-0.15, -0.1) is 0 Å². The van der Waals surface area contributed by atoms with Crippen LogP contribution < -0.4 is 10.6 Å². The number of carbonyl (C=O) groups excluding carboxylic acids is 3.